The molecule has 0 fully saturated rings. The fourth-order valence-corrected chi connectivity index (χ4v) is 1.66. The largest absolute Gasteiger partial charge is 0.348 e. The first-order chi connectivity index (χ1) is 8.00. The molecule has 90 valence electrons. The van der Waals surface area contributed by atoms with Gasteiger partial charge in [-0.2, -0.15) is 0 Å². The van der Waals surface area contributed by atoms with Crippen LogP contribution >= 0.6 is 34.8 Å². The standard InChI is InChI=1S/C12H10Cl3NO/c1-8(13)7-16-12(17)6-5-9-10(14)3-2-4-11(9)15/h2-6H,1,7H2,(H,16,17)/b6-5+. The monoisotopic (exact) mass is 289 g/mol. The highest BCUT2D eigenvalue weighted by atomic mass is 35.5. The van der Waals surface area contributed by atoms with Crippen molar-refractivity contribution < 1.29 is 4.79 Å². The Morgan fingerprint density at radius 3 is 2.47 bits per heavy atom. The first-order valence-electron chi connectivity index (χ1n) is 4.74. The van der Waals surface area contributed by atoms with Crippen molar-refractivity contribution in [1.29, 1.82) is 0 Å². The molecule has 17 heavy (non-hydrogen) atoms. The summed E-state index contributed by atoms with van der Waals surface area (Å²) < 4.78 is 0. The van der Waals surface area contributed by atoms with E-state index in [4.69, 9.17) is 34.8 Å². The van der Waals surface area contributed by atoms with E-state index in [1.807, 2.05) is 0 Å². The quantitative estimate of drug-likeness (QED) is 0.838. The lowest BCUT2D eigenvalue weighted by molar-refractivity contribution is -0.116. The van der Waals surface area contributed by atoms with Crippen LogP contribution in [0.25, 0.3) is 6.08 Å². The summed E-state index contributed by atoms with van der Waals surface area (Å²) in [4.78, 5) is 11.4. The van der Waals surface area contributed by atoms with E-state index in [9.17, 15) is 4.79 Å². The van der Waals surface area contributed by atoms with Crippen molar-refractivity contribution in [3.05, 3.63) is 51.5 Å². The number of halogens is 3. The predicted molar refractivity (Wildman–Crippen MR) is 73.5 cm³/mol. The number of nitrogens with one attached hydrogen (secondary N) is 1. The molecule has 0 spiro atoms. The lowest BCUT2D eigenvalue weighted by atomic mass is 10.2. The molecular weight excluding hydrogens is 280 g/mol. The third kappa shape index (κ3) is 4.82. The molecule has 0 radical (unpaired) electrons. The summed E-state index contributed by atoms with van der Waals surface area (Å²) in [6, 6.07) is 5.14. The maximum absolute atomic E-state index is 11.4. The molecule has 0 aromatic heterocycles. The smallest absolute Gasteiger partial charge is 0.244 e. The van der Waals surface area contributed by atoms with E-state index in [1.54, 1.807) is 24.3 Å². The molecule has 1 N–H and O–H groups in total. The van der Waals surface area contributed by atoms with Gasteiger partial charge in [0, 0.05) is 26.7 Å². The van der Waals surface area contributed by atoms with Gasteiger partial charge in [-0.3, -0.25) is 4.79 Å². The van der Waals surface area contributed by atoms with Crippen molar-refractivity contribution in [1.82, 2.24) is 5.32 Å². The van der Waals surface area contributed by atoms with Gasteiger partial charge in [-0.25, -0.2) is 0 Å². The first-order valence-corrected chi connectivity index (χ1v) is 5.87. The molecule has 1 rings (SSSR count). The van der Waals surface area contributed by atoms with Gasteiger partial charge in [-0.1, -0.05) is 47.4 Å². The highest BCUT2D eigenvalue weighted by Crippen LogP contribution is 2.25. The average Bonchev–Trinajstić information content (AvgIpc) is 2.25. The zero-order valence-corrected chi connectivity index (χ0v) is 11.1. The van der Waals surface area contributed by atoms with Crippen LogP contribution in [0.15, 0.2) is 35.9 Å². The molecule has 0 heterocycles. The van der Waals surface area contributed by atoms with Gasteiger partial charge in [0.2, 0.25) is 5.91 Å². The van der Waals surface area contributed by atoms with Gasteiger partial charge in [0.15, 0.2) is 0 Å². The number of carbonyl (C=O) groups is 1. The Morgan fingerprint density at radius 2 is 1.94 bits per heavy atom. The molecule has 1 amide bonds. The molecule has 1 aromatic rings. The van der Waals surface area contributed by atoms with Gasteiger partial charge in [0.25, 0.3) is 0 Å². The molecule has 5 heteroatoms. The molecule has 0 unspecified atom stereocenters. The number of amides is 1. The maximum Gasteiger partial charge on any atom is 0.244 e. The van der Waals surface area contributed by atoms with Crippen molar-refractivity contribution in [3.63, 3.8) is 0 Å². The van der Waals surface area contributed by atoms with Gasteiger partial charge in [0.1, 0.15) is 0 Å². The fraction of sp³-hybridized carbons (Fsp3) is 0.0833. The summed E-state index contributed by atoms with van der Waals surface area (Å²) >= 11 is 17.4. The Bertz CT molecular complexity index is 449. The molecule has 0 aliphatic rings. The van der Waals surface area contributed by atoms with Crippen LogP contribution in [0.4, 0.5) is 0 Å². The second kappa shape index (κ2) is 6.70. The Balaban J connectivity index is 2.70. The zero-order valence-electron chi connectivity index (χ0n) is 8.84. The SMILES string of the molecule is C=C(Cl)CNC(=O)/C=C/c1c(Cl)cccc1Cl. The van der Waals surface area contributed by atoms with Crippen LogP contribution in [-0.2, 0) is 4.79 Å². The lowest BCUT2D eigenvalue weighted by Gasteiger charge is -2.01. The highest BCUT2D eigenvalue weighted by molar-refractivity contribution is 6.37. The van der Waals surface area contributed by atoms with Crippen molar-refractivity contribution >= 4 is 46.8 Å². The molecule has 0 saturated heterocycles. The zero-order chi connectivity index (χ0) is 12.8. The second-order valence-corrected chi connectivity index (χ2v) is 4.55. The number of hydrogen-bond acceptors (Lipinski definition) is 1. The lowest BCUT2D eigenvalue weighted by Crippen LogP contribution is -2.21. The fourth-order valence-electron chi connectivity index (χ4n) is 1.07. The third-order valence-corrected chi connectivity index (χ3v) is 2.65. The first kappa shape index (κ1) is 14.1. The van der Waals surface area contributed by atoms with Crippen LogP contribution in [0.1, 0.15) is 5.56 Å². The highest BCUT2D eigenvalue weighted by Gasteiger charge is 2.02. The van der Waals surface area contributed by atoms with E-state index in [0.29, 0.717) is 20.6 Å². The van der Waals surface area contributed by atoms with Gasteiger partial charge in [-0.05, 0) is 18.2 Å². The van der Waals surface area contributed by atoms with E-state index < -0.39 is 0 Å². The van der Waals surface area contributed by atoms with E-state index in [-0.39, 0.29) is 12.5 Å². The van der Waals surface area contributed by atoms with Crippen LogP contribution in [0, 0.1) is 0 Å². The minimum absolute atomic E-state index is 0.223. The minimum atomic E-state index is -0.289. The van der Waals surface area contributed by atoms with E-state index in [1.165, 1.54) is 6.08 Å². The summed E-state index contributed by atoms with van der Waals surface area (Å²) in [5.41, 5.74) is 0.607. The van der Waals surface area contributed by atoms with Gasteiger partial charge >= 0.3 is 0 Å². The summed E-state index contributed by atoms with van der Waals surface area (Å²) in [5, 5.41) is 3.89. The molecule has 0 aliphatic heterocycles. The molecule has 0 aliphatic carbocycles. The van der Waals surface area contributed by atoms with Crippen molar-refractivity contribution in [2.75, 3.05) is 6.54 Å². The van der Waals surface area contributed by atoms with E-state index in [0.717, 1.165) is 0 Å². The van der Waals surface area contributed by atoms with Crippen LogP contribution < -0.4 is 5.32 Å². The normalized spacial score (nSPS) is 10.5. The number of carbonyl (C=O) groups excluding carboxylic acids is 1. The topological polar surface area (TPSA) is 29.1 Å². The molecule has 1 aromatic carbocycles. The molecular formula is C12H10Cl3NO. The Hall–Kier alpha value is -0.960. The Morgan fingerprint density at radius 1 is 1.35 bits per heavy atom. The Kier molecular flexibility index (Phi) is 5.56. The number of hydrogen-bond donors (Lipinski definition) is 1. The van der Waals surface area contributed by atoms with Gasteiger partial charge < -0.3 is 5.32 Å². The summed E-state index contributed by atoms with van der Waals surface area (Å²) in [6.07, 6.45) is 2.89. The summed E-state index contributed by atoms with van der Waals surface area (Å²) in [5.74, 6) is -0.289. The van der Waals surface area contributed by atoms with Crippen LogP contribution in [0.2, 0.25) is 10.0 Å². The van der Waals surface area contributed by atoms with Crippen LogP contribution in [-0.4, -0.2) is 12.5 Å². The number of benzene rings is 1. The third-order valence-electron chi connectivity index (χ3n) is 1.86. The van der Waals surface area contributed by atoms with Crippen LogP contribution in [0.3, 0.4) is 0 Å². The van der Waals surface area contributed by atoms with Crippen molar-refractivity contribution in [3.8, 4) is 0 Å². The molecule has 2 nitrogen and oxygen atoms in total. The molecule has 0 bridgehead atoms. The van der Waals surface area contributed by atoms with Gasteiger partial charge in [-0.15, -0.1) is 0 Å². The summed E-state index contributed by atoms with van der Waals surface area (Å²) in [6.45, 7) is 3.68. The minimum Gasteiger partial charge on any atom is -0.348 e. The van der Waals surface area contributed by atoms with Gasteiger partial charge in [0.05, 0.1) is 6.54 Å². The van der Waals surface area contributed by atoms with Crippen molar-refractivity contribution in [2.45, 2.75) is 0 Å². The summed E-state index contributed by atoms with van der Waals surface area (Å²) in [7, 11) is 0. The second-order valence-electron chi connectivity index (χ2n) is 3.20. The molecule has 0 saturated carbocycles. The average molecular weight is 291 g/mol. The number of rotatable bonds is 4. The maximum atomic E-state index is 11.4. The molecule has 0 atom stereocenters. The Labute approximate surface area is 115 Å². The van der Waals surface area contributed by atoms with Crippen molar-refractivity contribution in [2.24, 2.45) is 0 Å². The van der Waals surface area contributed by atoms with E-state index >= 15 is 0 Å². The predicted octanol–water partition coefficient (Wildman–Crippen LogP) is 3.88. The van der Waals surface area contributed by atoms with E-state index in [2.05, 4.69) is 11.9 Å². The van der Waals surface area contributed by atoms with Crippen LogP contribution in [0.5, 0.6) is 0 Å².